The summed E-state index contributed by atoms with van der Waals surface area (Å²) in [6.45, 7) is 3.83. The highest BCUT2D eigenvalue weighted by Gasteiger charge is 2.32. The van der Waals surface area contributed by atoms with Crippen molar-refractivity contribution in [3.05, 3.63) is 51.7 Å². The van der Waals surface area contributed by atoms with Crippen LogP contribution in [0.2, 0.25) is 0 Å². The fraction of sp³-hybridized carbons (Fsp3) is 0.435. The van der Waals surface area contributed by atoms with E-state index in [1.165, 1.54) is 6.07 Å². The fourth-order valence-corrected chi connectivity index (χ4v) is 4.33. The Morgan fingerprint density at radius 2 is 1.74 bits per heavy atom. The van der Waals surface area contributed by atoms with E-state index in [4.69, 9.17) is 4.98 Å². The summed E-state index contributed by atoms with van der Waals surface area (Å²) in [6.07, 6.45) is 0.498. The molecule has 1 aromatic carbocycles. The Morgan fingerprint density at radius 1 is 1.00 bits per heavy atom. The minimum atomic E-state index is -4.66. The summed E-state index contributed by atoms with van der Waals surface area (Å²) in [5.74, 6) is 1.99. The van der Waals surface area contributed by atoms with E-state index in [2.05, 4.69) is 25.1 Å². The number of hydrogen-bond donors (Lipinski definition) is 1. The molecule has 9 nitrogen and oxygen atoms in total. The second-order valence-corrected chi connectivity index (χ2v) is 8.79. The molecule has 0 aliphatic carbocycles. The van der Waals surface area contributed by atoms with Crippen molar-refractivity contribution in [2.24, 2.45) is 0 Å². The Kier molecular flexibility index (Phi) is 6.03. The van der Waals surface area contributed by atoms with E-state index in [1.54, 1.807) is 6.20 Å². The Bertz CT molecular complexity index is 1260. The predicted octanol–water partition coefficient (Wildman–Crippen LogP) is 4.42. The zero-order chi connectivity index (χ0) is 24.6. The third-order valence-electron chi connectivity index (χ3n) is 6.35. The normalized spacial score (nSPS) is 16.0. The Balaban J connectivity index is 1.42. The quantitative estimate of drug-likeness (QED) is 0.386. The average Bonchev–Trinajstić information content (AvgIpc) is 3.32. The van der Waals surface area contributed by atoms with Gasteiger partial charge in [-0.1, -0.05) is 0 Å². The van der Waals surface area contributed by atoms with Crippen molar-refractivity contribution >= 4 is 34.2 Å². The summed E-state index contributed by atoms with van der Waals surface area (Å²) in [5, 5.41) is 15.1. The number of rotatable bonds is 7. The Labute approximate surface area is 199 Å². The Morgan fingerprint density at radius 3 is 2.40 bits per heavy atom. The van der Waals surface area contributed by atoms with Crippen molar-refractivity contribution in [2.75, 3.05) is 47.8 Å². The standard InChI is InChI=1S/C23H24F3N7O2/c24-23(25,26)16-10-15(11-17(12-16)33(34)35)4-5-27-21-18-13-20(31-6-1-2-7-31)28-14-19(18)29-22(30-21)32-8-3-9-32/h10-14H,1-9H2,(H,27,29,30). The molecule has 35 heavy (non-hydrogen) atoms. The molecule has 5 rings (SSSR count). The van der Waals surface area contributed by atoms with Gasteiger partial charge in [-0.3, -0.25) is 10.1 Å². The molecule has 0 atom stereocenters. The minimum Gasteiger partial charge on any atom is -0.369 e. The smallest absolute Gasteiger partial charge is 0.369 e. The van der Waals surface area contributed by atoms with Crippen molar-refractivity contribution in [1.82, 2.24) is 15.0 Å². The maximum absolute atomic E-state index is 13.2. The van der Waals surface area contributed by atoms with E-state index in [0.29, 0.717) is 23.3 Å². The third-order valence-corrected chi connectivity index (χ3v) is 6.35. The van der Waals surface area contributed by atoms with Crippen LogP contribution in [0.3, 0.4) is 0 Å². The highest BCUT2D eigenvalue weighted by Crippen LogP contribution is 2.33. The zero-order valence-corrected chi connectivity index (χ0v) is 18.9. The third kappa shape index (κ3) is 4.91. The van der Waals surface area contributed by atoms with Gasteiger partial charge in [0.2, 0.25) is 5.95 Å². The number of non-ortho nitro benzene ring substituents is 1. The fourth-order valence-electron chi connectivity index (χ4n) is 4.33. The van der Waals surface area contributed by atoms with Crippen LogP contribution >= 0.6 is 0 Å². The molecule has 0 bridgehead atoms. The number of hydrogen-bond acceptors (Lipinski definition) is 8. The lowest BCUT2D eigenvalue weighted by molar-refractivity contribution is -0.385. The summed E-state index contributed by atoms with van der Waals surface area (Å²) in [7, 11) is 0. The number of aromatic nitrogens is 3. The summed E-state index contributed by atoms with van der Waals surface area (Å²) < 4.78 is 39.7. The van der Waals surface area contributed by atoms with Gasteiger partial charge in [0.05, 0.1) is 22.2 Å². The number of nitro groups is 1. The van der Waals surface area contributed by atoms with Crippen molar-refractivity contribution < 1.29 is 18.1 Å². The maximum atomic E-state index is 13.2. The molecule has 2 saturated heterocycles. The van der Waals surface area contributed by atoms with Crippen molar-refractivity contribution in [3.63, 3.8) is 0 Å². The second kappa shape index (κ2) is 9.16. The number of benzene rings is 1. The van der Waals surface area contributed by atoms with Crippen LogP contribution in [0.4, 0.5) is 36.4 Å². The predicted molar refractivity (Wildman–Crippen MR) is 126 cm³/mol. The molecule has 2 aliphatic rings. The first-order valence-corrected chi connectivity index (χ1v) is 11.5. The number of alkyl halides is 3. The average molecular weight is 487 g/mol. The number of nitrogens with one attached hydrogen (secondary N) is 1. The molecule has 0 saturated carbocycles. The molecule has 2 aliphatic heterocycles. The molecular formula is C23H24F3N7O2. The van der Waals surface area contributed by atoms with E-state index >= 15 is 0 Å². The highest BCUT2D eigenvalue weighted by atomic mass is 19.4. The first-order chi connectivity index (χ1) is 16.8. The molecule has 0 spiro atoms. The van der Waals surface area contributed by atoms with Gasteiger partial charge in [-0.05, 0) is 43.4 Å². The van der Waals surface area contributed by atoms with E-state index in [9.17, 15) is 23.3 Å². The van der Waals surface area contributed by atoms with Crippen LogP contribution in [-0.2, 0) is 12.6 Å². The van der Waals surface area contributed by atoms with E-state index in [1.807, 2.05) is 6.07 Å². The van der Waals surface area contributed by atoms with Gasteiger partial charge >= 0.3 is 6.18 Å². The van der Waals surface area contributed by atoms with Crippen LogP contribution in [0.5, 0.6) is 0 Å². The summed E-state index contributed by atoms with van der Waals surface area (Å²) in [4.78, 5) is 28.5. The largest absolute Gasteiger partial charge is 0.416 e. The molecule has 4 heterocycles. The van der Waals surface area contributed by atoms with Crippen molar-refractivity contribution in [2.45, 2.75) is 31.9 Å². The summed E-state index contributed by atoms with van der Waals surface area (Å²) in [5.41, 5.74) is -0.707. The molecular weight excluding hydrogens is 463 g/mol. The lowest BCUT2D eigenvalue weighted by Gasteiger charge is -2.31. The number of anilines is 3. The molecule has 12 heteroatoms. The van der Waals surface area contributed by atoms with Gasteiger partial charge < -0.3 is 15.1 Å². The molecule has 0 radical (unpaired) electrons. The Hall–Kier alpha value is -3.70. The highest BCUT2D eigenvalue weighted by molar-refractivity contribution is 5.91. The van der Waals surface area contributed by atoms with E-state index < -0.39 is 22.4 Å². The van der Waals surface area contributed by atoms with Crippen LogP contribution in [0.15, 0.2) is 30.5 Å². The van der Waals surface area contributed by atoms with E-state index in [-0.39, 0.29) is 18.5 Å². The molecule has 2 fully saturated rings. The molecule has 2 aromatic heterocycles. The molecule has 0 unspecified atom stereocenters. The van der Waals surface area contributed by atoms with Crippen LogP contribution < -0.4 is 15.1 Å². The van der Waals surface area contributed by atoms with Crippen molar-refractivity contribution in [1.29, 1.82) is 0 Å². The lowest BCUT2D eigenvalue weighted by atomic mass is 10.1. The van der Waals surface area contributed by atoms with Crippen LogP contribution in [0.1, 0.15) is 30.4 Å². The van der Waals surface area contributed by atoms with Gasteiger partial charge in [-0.25, -0.2) is 9.97 Å². The molecule has 1 N–H and O–H groups in total. The number of nitrogens with zero attached hydrogens (tertiary/aromatic N) is 6. The van der Waals surface area contributed by atoms with Crippen LogP contribution in [-0.4, -0.2) is 52.6 Å². The number of halogens is 3. The van der Waals surface area contributed by atoms with Crippen LogP contribution in [0, 0.1) is 10.1 Å². The first-order valence-electron chi connectivity index (χ1n) is 11.5. The summed E-state index contributed by atoms with van der Waals surface area (Å²) >= 11 is 0. The van der Waals surface area contributed by atoms with Gasteiger partial charge in [0, 0.05) is 50.2 Å². The van der Waals surface area contributed by atoms with Gasteiger partial charge in [0.25, 0.3) is 5.69 Å². The summed E-state index contributed by atoms with van der Waals surface area (Å²) in [6, 6.07) is 4.63. The topological polar surface area (TPSA) is 100 Å². The molecule has 184 valence electrons. The van der Waals surface area contributed by atoms with Gasteiger partial charge in [-0.2, -0.15) is 18.2 Å². The number of nitro benzene ring substituents is 1. The maximum Gasteiger partial charge on any atom is 0.416 e. The minimum absolute atomic E-state index is 0.152. The SMILES string of the molecule is O=[N+]([O-])c1cc(CCNc2nc(N3CCC3)nc3cnc(N4CCCC4)cc23)cc(C(F)(F)F)c1. The van der Waals surface area contributed by atoms with Gasteiger partial charge in [-0.15, -0.1) is 0 Å². The van der Waals surface area contributed by atoms with E-state index in [0.717, 1.165) is 62.7 Å². The lowest BCUT2D eigenvalue weighted by Crippen LogP contribution is -2.38. The number of fused-ring (bicyclic) bond motifs is 1. The zero-order valence-electron chi connectivity index (χ0n) is 18.9. The monoisotopic (exact) mass is 487 g/mol. The molecule has 3 aromatic rings. The van der Waals surface area contributed by atoms with Crippen LogP contribution in [0.25, 0.3) is 10.9 Å². The second-order valence-electron chi connectivity index (χ2n) is 8.79. The van der Waals surface area contributed by atoms with Gasteiger partial charge in [0.15, 0.2) is 0 Å². The number of pyridine rings is 1. The molecule has 0 amide bonds. The first kappa shape index (κ1) is 23.1. The van der Waals surface area contributed by atoms with Crippen molar-refractivity contribution in [3.8, 4) is 0 Å². The van der Waals surface area contributed by atoms with Gasteiger partial charge in [0.1, 0.15) is 11.6 Å².